The van der Waals surface area contributed by atoms with E-state index < -0.39 is 0 Å². The van der Waals surface area contributed by atoms with Crippen molar-refractivity contribution in [3.05, 3.63) is 40.9 Å². The first-order chi connectivity index (χ1) is 11.2. The molecule has 0 radical (unpaired) electrons. The molecule has 0 saturated heterocycles. The summed E-state index contributed by atoms with van der Waals surface area (Å²) in [5, 5.41) is 22.3. The zero-order valence-corrected chi connectivity index (χ0v) is 13.7. The average molecular weight is 341 g/mol. The molecule has 0 aliphatic carbocycles. The average Bonchev–Trinajstić information content (AvgIpc) is 2.96. The Labute approximate surface area is 140 Å². The lowest BCUT2D eigenvalue weighted by Crippen LogP contribution is -2.14. The number of hydrogen-bond donors (Lipinski definition) is 1. The molecule has 8 heteroatoms. The molecular formula is C15H11N5OS2. The van der Waals surface area contributed by atoms with Gasteiger partial charge in [0.1, 0.15) is 16.1 Å². The molecule has 0 saturated carbocycles. The van der Waals surface area contributed by atoms with Crippen LogP contribution in [0.25, 0.3) is 10.9 Å². The fourth-order valence-electron chi connectivity index (χ4n) is 1.92. The summed E-state index contributed by atoms with van der Waals surface area (Å²) < 4.78 is 0. The van der Waals surface area contributed by atoms with Crippen LogP contribution >= 0.6 is 23.1 Å². The topological polar surface area (TPSA) is 91.6 Å². The Morgan fingerprint density at radius 1 is 1.39 bits per heavy atom. The lowest BCUT2D eigenvalue weighted by atomic mass is 10.2. The predicted octanol–water partition coefficient (Wildman–Crippen LogP) is 3.00. The molecule has 23 heavy (non-hydrogen) atoms. The van der Waals surface area contributed by atoms with Gasteiger partial charge in [-0.3, -0.25) is 10.1 Å². The van der Waals surface area contributed by atoms with Crippen molar-refractivity contribution < 1.29 is 4.79 Å². The van der Waals surface area contributed by atoms with E-state index in [2.05, 4.69) is 26.6 Å². The first-order valence-electron chi connectivity index (χ1n) is 6.68. The van der Waals surface area contributed by atoms with Gasteiger partial charge in [-0.25, -0.2) is 4.98 Å². The second-order valence-electron chi connectivity index (χ2n) is 4.61. The summed E-state index contributed by atoms with van der Waals surface area (Å²) >= 11 is 2.55. The Morgan fingerprint density at radius 3 is 2.96 bits per heavy atom. The van der Waals surface area contributed by atoms with E-state index in [1.807, 2.05) is 31.2 Å². The number of thioether (sulfide) groups is 1. The fourth-order valence-corrected chi connectivity index (χ4v) is 3.30. The molecule has 0 spiro atoms. The van der Waals surface area contributed by atoms with Gasteiger partial charge < -0.3 is 0 Å². The quantitative estimate of drug-likeness (QED) is 0.734. The van der Waals surface area contributed by atoms with E-state index in [4.69, 9.17) is 0 Å². The zero-order valence-electron chi connectivity index (χ0n) is 12.1. The van der Waals surface area contributed by atoms with E-state index in [-0.39, 0.29) is 11.7 Å². The van der Waals surface area contributed by atoms with Crippen LogP contribution in [0.5, 0.6) is 0 Å². The minimum absolute atomic E-state index is 0.151. The maximum atomic E-state index is 12.0. The number of hydrogen-bond acceptors (Lipinski definition) is 7. The van der Waals surface area contributed by atoms with Crippen molar-refractivity contribution in [1.29, 1.82) is 5.26 Å². The van der Waals surface area contributed by atoms with E-state index in [9.17, 15) is 10.1 Å². The number of para-hydroxylation sites is 1. The number of rotatable bonds is 4. The van der Waals surface area contributed by atoms with Crippen molar-refractivity contribution >= 4 is 45.0 Å². The molecule has 2 aromatic heterocycles. The van der Waals surface area contributed by atoms with Crippen LogP contribution < -0.4 is 5.32 Å². The van der Waals surface area contributed by atoms with E-state index in [1.165, 1.54) is 23.1 Å². The highest BCUT2D eigenvalue weighted by molar-refractivity contribution is 8.00. The number of anilines is 1. The molecule has 3 rings (SSSR count). The molecule has 0 atom stereocenters. The predicted molar refractivity (Wildman–Crippen MR) is 90.5 cm³/mol. The second-order valence-corrected chi connectivity index (χ2v) is 6.75. The SMILES string of the molecule is Cc1nnc(NC(=O)CSc2nc3ccccc3cc2C#N)s1. The highest BCUT2D eigenvalue weighted by Gasteiger charge is 2.11. The lowest BCUT2D eigenvalue weighted by molar-refractivity contribution is -0.113. The molecule has 1 N–H and O–H groups in total. The third-order valence-electron chi connectivity index (χ3n) is 2.92. The molecule has 2 heterocycles. The molecule has 1 aromatic carbocycles. The number of fused-ring (bicyclic) bond motifs is 1. The number of carbonyl (C=O) groups is 1. The summed E-state index contributed by atoms with van der Waals surface area (Å²) in [7, 11) is 0. The summed E-state index contributed by atoms with van der Waals surface area (Å²) in [5.74, 6) is -0.0523. The van der Waals surface area contributed by atoms with Gasteiger partial charge in [0.2, 0.25) is 11.0 Å². The van der Waals surface area contributed by atoms with Gasteiger partial charge in [0, 0.05) is 5.39 Å². The maximum absolute atomic E-state index is 12.0. The molecule has 3 aromatic rings. The molecule has 0 aliphatic rings. The van der Waals surface area contributed by atoms with Gasteiger partial charge in [-0.15, -0.1) is 10.2 Å². The van der Waals surface area contributed by atoms with Crippen molar-refractivity contribution in [2.75, 3.05) is 11.1 Å². The number of amides is 1. The summed E-state index contributed by atoms with van der Waals surface area (Å²) in [6.45, 7) is 1.82. The maximum Gasteiger partial charge on any atom is 0.236 e. The minimum Gasteiger partial charge on any atom is -0.300 e. The molecule has 6 nitrogen and oxygen atoms in total. The number of benzene rings is 1. The second kappa shape index (κ2) is 6.73. The Morgan fingerprint density at radius 2 is 2.22 bits per heavy atom. The highest BCUT2D eigenvalue weighted by Crippen LogP contribution is 2.24. The highest BCUT2D eigenvalue weighted by atomic mass is 32.2. The van der Waals surface area contributed by atoms with E-state index in [0.717, 1.165) is 15.9 Å². The molecule has 114 valence electrons. The van der Waals surface area contributed by atoms with Crippen LogP contribution in [0.3, 0.4) is 0 Å². The van der Waals surface area contributed by atoms with Gasteiger partial charge in [-0.05, 0) is 19.1 Å². The Hall–Kier alpha value is -2.50. The van der Waals surface area contributed by atoms with Gasteiger partial charge >= 0.3 is 0 Å². The van der Waals surface area contributed by atoms with Crippen molar-refractivity contribution in [1.82, 2.24) is 15.2 Å². The zero-order chi connectivity index (χ0) is 16.2. The molecule has 0 aliphatic heterocycles. The van der Waals surface area contributed by atoms with Gasteiger partial charge in [-0.1, -0.05) is 41.3 Å². The van der Waals surface area contributed by atoms with Crippen LogP contribution in [-0.4, -0.2) is 26.8 Å². The summed E-state index contributed by atoms with van der Waals surface area (Å²) in [6, 6.07) is 11.5. The standard InChI is InChI=1S/C15H11N5OS2/c1-9-19-20-15(23-9)18-13(21)8-22-14-11(7-16)6-10-4-2-3-5-12(10)17-14/h2-6H,8H2,1H3,(H,18,20,21). The number of pyridine rings is 1. The van der Waals surface area contributed by atoms with Gasteiger partial charge in [-0.2, -0.15) is 5.26 Å². The third-order valence-corrected chi connectivity index (χ3v) is 4.67. The lowest BCUT2D eigenvalue weighted by Gasteiger charge is -2.05. The normalized spacial score (nSPS) is 10.4. The number of aryl methyl sites for hydroxylation is 1. The fraction of sp³-hybridized carbons (Fsp3) is 0.133. The summed E-state index contributed by atoms with van der Waals surface area (Å²) in [6.07, 6.45) is 0. The van der Waals surface area contributed by atoms with E-state index in [1.54, 1.807) is 6.07 Å². The molecular weight excluding hydrogens is 330 g/mol. The Bertz CT molecular complexity index is 916. The van der Waals surface area contributed by atoms with Crippen LogP contribution in [0.2, 0.25) is 0 Å². The molecule has 0 bridgehead atoms. The number of carbonyl (C=O) groups excluding carboxylic acids is 1. The van der Waals surface area contributed by atoms with Crippen molar-refractivity contribution in [3.63, 3.8) is 0 Å². The van der Waals surface area contributed by atoms with Crippen LogP contribution in [0.4, 0.5) is 5.13 Å². The molecule has 0 fully saturated rings. The number of aromatic nitrogens is 3. The van der Waals surface area contributed by atoms with Gasteiger partial charge in [0.15, 0.2) is 0 Å². The van der Waals surface area contributed by atoms with Crippen LogP contribution in [-0.2, 0) is 4.79 Å². The van der Waals surface area contributed by atoms with Crippen molar-refractivity contribution in [3.8, 4) is 6.07 Å². The summed E-state index contributed by atoms with van der Waals surface area (Å²) in [5.41, 5.74) is 1.27. The first-order valence-corrected chi connectivity index (χ1v) is 8.48. The van der Waals surface area contributed by atoms with E-state index >= 15 is 0 Å². The monoisotopic (exact) mass is 341 g/mol. The van der Waals surface area contributed by atoms with Crippen molar-refractivity contribution in [2.24, 2.45) is 0 Å². The largest absolute Gasteiger partial charge is 0.300 e. The number of nitriles is 1. The third kappa shape index (κ3) is 3.64. The van der Waals surface area contributed by atoms with E-state index in [0.29, 0.717) is 15.7 Å². The van der Waals surface area contributed by atoms with Crippen LogP contribution in [0, 0.1) is 18.3 Å². The van der Waals surface area contributed by atoms with Gasteiger partial charge in [0.25, 0.3) is 0 Å². The van der Waals surface area contributed by atoms with Crippen LogP contribution in [0.15, 0.2) is 35.4 Å². The molecule has 0 unspecified atom stereocenters. The smallest absolute Gasteiger partial charge is 0.236 e. The van der Waals surface area contributed by atoms with Crippen molar-refractivity contribution in [2.45, 2.75) is 11.9 Å². The Kier molecular flexibility index (Phi) is 4.50. The number of nitrogens with one attached hydrogen (secondary N) is 1. The van der Waals surface area contributed by atoms with Gasteiger partial charge in [0.05, 0.1) is 16.8 Å². The van der Waals surface area contributed by atoms with Crippen LogP contribution in [0.1, 0.15) is 10.6 Å². The minimum atomic E-state index is -0.204. The Balaban J connectivity index is 1.73. The first kappa shape index (κ1) is 15.4. The number of nitrogens with zero attached hydrogens (tertiary/aromatic N) is 4. The molecule has 1 amide bonds. The summed E-state index contributed by atoms with van der Waals surface area (Å²) in [4.78, 5) is 16.4.